The average molecular weight is 303 g/mol. The van der Waals surface area contributed by atoms with Crippen LogP contribution >= 0.6 is 0 Å². The SMILES string of the molecule is COc1cc(/C=C/C(=O)N2CC=CC2=O)cc(OC)c1OC. The largest absolute Gasteiger partial charge is 0.493 e. The third kappa shape index (κ3) is 3.11. The molecule has 0 saturated carbocycles. The summed E-state index contributed by atoms with van der Waals surface area (Å²) in [5, 5.41) is 0. The van der Waals surface area contributed by atoms with Crippen molar-refractivity contribution in [3.8, 4) is 17.2 Å². The van der Waals surface area contributed by atoms with Crippen molar-refractivity contribution in [2.24, 2.45) is 0 Å². The minimum atomic E-state index is -0.372. The van der Waals surface area contributed by atoms with E-state index in [1.54, 1.807) is 24.3 Å². The Balaban J connectivity index is 2.24. The Morgan fingerprint density at radius 3 is 2.23 bits per heavy atom. The van der Waals surface area contributed by atoms with E-state index in [1.165, 1.54) is 33.5 Å². The molecule has 1 aromatic carbocycles. The second-order valence-electron chi connectivity index (χ2n) is 4.48. The van der Waals surface area contributed by atoms with Gasteiger partial charge in [0.15, 0.2) is 11.5 Å². The zero-order valence-corrected chi connectivity index (χ0v) is 12.7. The second-order valence-corrected chi connectivity index (χ2v) is 4.48. The highest BCUT2D eigenvalue weighted by molar-refractivity contribution is 6.08. The van der Waals surface area contributed by atoms with Gasteiger partial charge in [-0.15, -0.1) is 0 Å². The summed E-state index contributed by atoms with van der Waals surface area (Å²) in [6, 6.07) is 3.43. The van der Waals surface area contributed by atoms with E-state index in [-0.39, 0.29) is 11.8 Å². The van der Waals surface area contributed by atoms with Gasteiger partial charge in [0.2, 0.25) is 5.75 Å². The van der Waals surface area contributed by atoms with Gasteiger partial charge in [-0.05, 0) is 23.8 Å². The molecule has 0 fully saturated rings. The van der Waals surface area contributed by atoms with Crippen LogP contribution in [0.4, 0.5) is 0 Å². The lowest BCUT2D eigenvalue weighted by molar-refractivity contribution is -0.137. The second kappa shape index (κ2) is 6.80. The van der Waals surface area contributed by atoms with Crippen molar-refractivity contribution in [3.63, 3.8) is 0 Å². The highest BCUT2D eigenvalue weighted by atomic mass is 16.5. The van der Waals surface area contributed by atoms with Crippen LogP contribution in [0.25, 0.3) is 6.08 Å². The molecule has 0 radical (unpaired) electrons. The Morgan fingerprint density at radius 2 is 1.77 bits per heavy atom. The van der Waals surface area contributed by atoms with Gasteiger partial charge in [-0.3, -0.25) is 14.5 Å². The first-order valence-corrected chi connectivity index (χ1v) is 6.60. The van der Waals surface area contributed by atoms with E-state index in [2.05, 4.69) is 0 Å². The van der Waals surface area contributed by atoms with E-state index >= 15 is 0 Å². The number of nitrogens with zero attached hydrogens (tertiary/aromatic N) is 1. The van der Waals surface area contributed by atoms with Crippen LogP contribution in [-0.4, -0.2) is 44.6 Å². The Labute approximate surface area is 128 Å². The van der Waals surface area contributed by atoms with E-state index in [4.69, 9.17) is 14.2 Å². The van der Waals surface area contributed by atoms with Crippen LogP contribution < -0.4 is 14.2 Å². The molecular formula is C16H17NO5. The predicted molar refractivity (Wildman–Crippen MR) is 81.0 cm³/mol. The monoisotopic (exact) mass is 303 g/mol. The lowest BCUT2D eigenvalue weighted by Gasteiger charge is -2.13. The number of rotatable bonds is 5. The molecule has 0 aliphatic carbocycles. The molecule has 0 bridgehead atoms. The molecule has 0 unspecified atom stereocenters. The molecule has 2 amide bonds. The molecule has 0 atom stereocenters. The molecule has 1 aromatic rings. The van der Waals surface area contributed by atoms with Crippen molar-refractivity contribution in [1.82, 2.24) is 4.90 Å². The molecule has 116 valence electrons. The molecule has 1 aliphatic heterocycles. The summed E-state index contributed by atoms with van der Waals surface area (Å²) in [5.74, 6) is 0.788. The van der Waals surface area contributed by atoms with Gasteiger partial charge in [-0.25, -0.2) is 0 Å². The first-order valence-electron chi connectivity index (χ1n) is 6.60. The summed E-state index contributed by atoms with van der Waals surface area (Å²) in [6.07, 6.45) is 5.96. The van der Waals surface area contributed by atoms with Crippen molar-refractivity contribution >= 4 is 17.9 Å². The van der Waals surface area contributed by atoms with Crippen molar-refractivity contribution in [2.75, 3.05) is 27.9 Å². The van der Waals surface area contributed by atoms with Crippen molar-refractivity contribution in [3.05, 3.63) is 35.9 Å². The standard InChI is InChI=1S/C16H17NO5/c1-20-12-9-11(10-13(21-2)16(12)22-3)6-7-15(19)17-8-4-5-14(17)18/h4-7,9-10H,8H2,1-3H3/b7-6+. The van der Waals surface area contributed by atoms with Crippen LogP contribution in [0, 0.1) is 0 Å². The normalized spacial score (nSPS) is 13.8. The van der Waals surface area contributed by atoms with E-state index in [1.807, 2.05) is 0 Å². The Bertz CT molecular complexity index is 623. The number of benzene rings is 1. The maximum absolute atomic E-state index is 12.0. The molecule has 6 heteroatoms. The summed E-state index contributed by atoms with van der Waals surface area (Å²) in [7, 11) is 4.56. The maximum Gasteiger partial charge on any atom is 0.253 e. The third-order valence-electron chi connectivity index (χ3n) is 3.19. The van der Waals surface area contributed by atoms with Gasteiger partial charge >= 0.3 is 0 Å². The van der Waals surface area contributed by atoms with Gasteiger partial charge in [0.25, 0.3) is 11.8 Å². The number of carbonyl (C=O) groups is 2. The smallest absolute Gasteiger partial charge is 0.253 e. The van der Waals surface area contributed by atoms with Gasteiger partial charge < -0.3 is 14.2 Å². The van der Waals surface area contributed by atoms with Crippen LogP contribution in [0.5, 0.6) is 17.2 Å². The fourth-order valence-corrected chi connectivity index (χ4v) is 2.09. The van der Waals surface area contributed by atoms with Crippen LogP contribution in [0.2, 0.25) is 0 Å². The number of methoxy groups -OCH3 is 3. The van der Waals surface area contributed by atoms with Crippen LogP contribution in [-0.2, 0) is 9.59 Å². The van der Waals surface area contributed by atoms with Gasteiger partial charge in [-0.1, -0.05) is 6.08 Å². The van der Waals surface area contributed by atoms with Crippen molar-refractivity contribution < 1.29 is 23.8 Å². The topological polar surface area (TPSA) is 65.1 Å². The van der Waals surface area contributed by atoms with E-state index in [0.717, 1.165) is 4.90 Å². The fraction of sp³-hybridized carbons (Fsp3) is 0.250. The molecule has 0 aromatic heterocycles. The molecule has 0 spiro atoms. The summed E-state index contributed by atoms with van der Waals surface area (Å²) >= 11 is 0. The minimum absolute atomic E-state index is 0.303. The van der Waals surface area contributed by atoms with Crippen molar-refractivity contribution in [2.45, 2.75) is 0 Å². The fourth-order valence-electron chi connectivity index (χ4n) is 2.09. The molecule has 0 saturated heterocycles. The third-order valence-corrected chi connectivity index (χ3v) is 3.19. The molecular weight excluding hydrogens is 286 g/mol. The summed E-state index contributed by atoms with van der Waals surface area (Å²) in [5.41, 5.74) is 0.697. The molecule has 2 rings (SSSR count). The molecule has 6 nitrogen and oxygen atoms in total. The Kier molecular flexibility index (Phi) is 4.83. The molecule has 1 aliphatic rings. The highest BCUT2D eigenvalue weighted by Crippen LogP contribution is 2.38. The van der Waals surface area contributed by atoms with E-state index in [0.29, 0.717) is 29.4 Å². The molecule has 1 heterocycles. The lowest BCUT2D eigenvalue weighted by Crippen LogP contribution is -2.30. The minimum Gasteiger partial charge on any atom is -0.493 e. The predicted octanol–water partition coefficient (Wildman–Crippen LogP) is 1.65. The number of ether oxygens (including phenoxy) is 3. The maximum atomic E-state index is 12.0. The number of hydrogen-bond acceptors (Lipinski definition) is 5. The van der Waals surface area contributed by atoms with Crippen molar-refractivity contribution in [1.29, 1.82) is 0 Å². The number of amides is 2. The summed E-state index contributed by atoms with van der Waals surface area (Å²) in [4.78, 5) is 24.5. The van der Waals surface area contributed by atoms with Crippen LogP contribution in [0.3, 0.4) is 0 Å². The van der Waals surface area contributed by atoms with Gasteiger partial charge in [0.1, 0.15) is 0 Å². The van der Waals surface area contributed by atoms with Gasteiger partial charge in [-0.2, -0.15) is 0 Å². The molecule has 22 heavy (non-hydrogen) atoms. The number of imide groups is 1. The van der Waals surface area contributed by atoms with Crippen LogP contribution in [0.15, 0.2) is 30.4 Å². The lowest BCUT2D eigenvalue weighted by atomic mass is 10.1. The van der Waals surface area contributed by atoms with Gasteiger partial charge in [0, 0.05) is 18.7 Å². The number of carbonyl (C=O) groups excluding carboxylic acids is 2. The quantitative estimate of drug-likeness (QED) is 0.774. The average Bonchev–Trinajstić information content (AvgIpc) is 2.97. The first kappa shape index (κ1) is 15.6. The Hall–Kier alpha value is -2.76. The summed E-state index contributed by atoms with van der Waals surface area (Å²) in [6.45, 7) is 0.303. The van der Waals surface area contributed by atoms with Crippen LogP contribution in [0.1, 0.15) is 5.56 Å². The van der Waals surface area contributed by atoms with E-state index in [9.17, 15) is 9.59 Å². The zero-order valence-electron chi connectivity index (χ0n) is 12.7. The van der Waals surface area contributed by atoms with E-state index < -0.39 is 0 Å². The Morgan fingerprint density at radius 1 is 1.14 bits per heavy atom. The van der Waals surface area contributed by atoms with Gasteiger partial charge in [0.05, 0.1) is 21.3 Å². The first-order chi connectivity index (χ1) is 10.6. The highest BCUT2D eigenvalue weighted by Gasteiger charge is 2.20. The summed E-state index contributed by atoms with van der Waals surface area (Å²) < 4.78 is 15.7. The number of hydrogen-bond donors (Lipinski definition) is 0. The molecule has 0 N–H and O–H groups in total. The zero-order chi connectivity index (χ0) is 16.1.